The Balaban J connectivity index is 1.58. The van der Waals surface area contributed by atoms with Crippen LogP contribution in [0.4, 0.5) is 11.4 Å². The molecule has 1 atom stereocenters. The van der Waals surface area contributed by atoms with Gasteiger partial charge in [-0.1, -0.05) is 48.0 Å². The van der Waals surface area contributed by atoms with Gasteiger partial charge in [-0.15, -0.1) is 0 Å². The third-order valence-corrected chi connectivity index (χ3v) is 5.57. The number of hydrogen-bond donors (Lipinski definition) is 1. The first-order chi connectivity index (χ1) is 15.9. The first kappa shape index (κ1) is 22.2. The van der Waals surface area contributed by atoms with Gasteiger partial charge in [0.05, 0.1) is 11.1 Å². The molecule has 3 aromatic carbocycles. The highest BCUT2D eigenvalue weighted by Crippen LogP contribution is 2.24. The van der Waals surface area contributed by atoms with Crippen LogP contribution in [0.1, 0.15) is 27.6 Å². The molecule has 0 aromatic heterocycles. The number of anilines is 2. The number of nitrogens with one attached hydrogen (secondary N) is 1. The van der Waals surface area contributed by atoms with E-state index in [0.29, 0.717) is 16.4 Å². The van der Waals surface area contributed by atoms with Crippen molar-refractivity contribution in [1.82, 2.24) is 4.90 Å². The number of hydrogen-bond acceptors (Lipinski definition) is 4. The number of para-hydroxylation sites is 1. The van der Waals surface area contributed by atoms with Gasteiger partial charge >= 0.3 is 0 Å². The Morgan fingerprint density at radius 3 is 2.12 bits per heavy atom. The number of halogens is 1. The molecule has 0 saturated heterocycles. The zero-order valence-electron chi connectivity index (χ0n) is 17.7. The molecule has 3 aromatic rings. The van der Waals surface area contributed by atoms with E-state index in [0.717, 1.165) is 4.90 Å². The molecule has 7 nitrogen and oxygen atoms in total. The molecular formula is C25H20ClN3O4. The van der Waals surface area contributed by atoms with Gasteiger partial charge in [0.15, 0.2) is 0 Å². The average Bonchev–Trinajstić information content (AvgIpc) is 3.05. The molecule has 1 N–H and O–H groups in total. The molecule has 0 saturated carbocycles. The molecule has 1 heterocycles. The van der Waals surface area contributed by atoms with Crippen molar-refractivity contribution in [2.24, 2.45) is 0 Å². The van der Waals surface area contributed by atoms with E-state index in [1.54, 1.807) is 85.8 Å². The molecular weight excluding hydrogens is 442 g/mol. The van der Waals surface area contributed by atoms with E-state index in [2.05, 4.69) is 5.32 Å². The van der Waals surface area contributed by atoms with E-state index < -0.39 is 36.2 Å². The monoisotopic (exact) mass is 461 g/mol. The number of carbonyl (C=O) groups excluding carboxylic acids is 4. The summed E-state index contributed by atoms with van der Waals surface area (Å²) < 4.78 is 0. The summed E-state index contributed by atoms with van der Waals surface area (Å²) in [6, 6.07) is 20.8. The number of carbonyl (C=O) groups is 4. The third-order valence-electron chi connectivity index (χ3n) is 5.33. The highest BCUT2D eigenvalue weighted by atomic mass is 35.5. The van der Waals surface area contributed by atoms with Crippen molar-refractivity contribution in [2.75, 3.05) is 16.8 Å². The van der Waals surface area contributed by atoms with Crippen LogP contribution in [-0.4, -0.2) is 41.1 Å². The van der Waals surface area contributed by atoms with Crippen LogP contribution >= 0.6 is 11.6 Å². The Labute approximate surface area is 195 Å². The molecule has 4 amide bonds. The normalized spacial score (nSPS) is 13.5. The van der Waals surface area contributed by atoms with Crippen LogP contribution in [0.3, 0.4) is 0 Å². The van der Waals surface area contributed by atoms with Crippen molar-refractivity contribution in [2.45, 2.75) is 13.0 Å². The molecule has 1 aliphatic rings. The summed E-state index contributed by atoms with van der Waals surface area (Å²) in [5.41, 5.74) is 1.47. The minimum absolute atomic E-state index is 0.258. The highest BCUT2D eigenvalue weighted by Gasteiger charge is 2.38. The Morgan fingerprint density at radius 2 is 1.52 bits per heavy atom. The van der Waals surface area contributed by atoms with E-state index in [9.17, 15) is 19.2 Å². The predicted molar refractivity (Wildman–Crippen MR) is 125 cm³/mol. The lowest BCUT2D eigenvalue weighted by Crippen LogP contribution is -2.50. The summed E-state index contributed by atoms with van der Waals surface area (Å²) in [5.74, 6) is -2.08. The van der Waals surface area contributed by atoms with Crippen molar-refractivity contribution in [1.29, 1.82) is 0 Å². The Bertz CT molecular complexity index is 1210. The quantitative estimate of drug-likeness (QED) is 0.562. The summed E-state index contributed by atoms with van der Waals surface area (Å²) in [6.07, 6.45) is 0. The standard InChI is InChI=1S/C25H20ClN3O4/c1-16(23(31)27-18-9-7-8-17(26)14-18)29(19-10-3-2-4-11-19)22(30)15-28-24(32)20-12-5-6-13-21(20)25(28)33/h2-14,16H,15H2,1H3,(H,27,31). The van der Waals surface area contributed by atoms with Crippen LogP contribution in [0.5, 0.6) is 0 Å². The van der Waals surface area contributed by atoms with E-state index in [1.165, 1.54) is 4.90 Å². The molecule has 0 aliphatic carbocycles. The maximum Gasteiger partial charge on any atom is 0.262 e. The minimum Gasteiger partial charge on any atom is -0.324 e. The van der Waals surface area contributed by atoms with Crippen molar-refractivity contribution < 1.29 is 19.2 Å². The number of benzene rings is 3. The topological polar surface area (TPSA) is 86.8 Å². The van der Waals surface area contributed by atoms with Crippen LogP contribution in [0.15, 0.2) is 78.9 Å². The second-order valence-corrected chi connectivity index (χ2v) is 7.95. The molecule has 0 radical (unpaired) electrons. The SMILES string of the molecule is CC(C(=O)Nc1cccc(Cl)c1)N(C(=O)CN1C(=O)c2ccccc2C1=O)c1ccccc1. The summed E-state index contributed by atoms with van der Waals surface area (Å²) >= 11 is 5.99. The number of rotatable bonds is 6. The zero-order chi connectivity index (χ0) is 23.5. The number of imide groups is 1. The van der Waals surface area contributed by atoms with Gasteiger partial charge in [-0.3, -0.25) is 29.0 Å². The molecule has 33 heavy (non-hydrogen) atoms. The van der Waals surface area contributed by atoms with Crippen LogP contribution in [-0.2, 0) is 9.59 Å². The lowest BCUT2D eigenvalue weighted by Gasteiger charge is -2.30. The van der Waals surface area contributed by atoms with E-state index in [4.69, 9.17) is 11.6 Å². The van der Waals surface area contributed by atoms with Crippen molar-refractivity contribution >= 4 is 46.6 Å². The maximum atomic E-state index is 13.4. The molecule has 8 heteroatoms. The van der Waals surface area contributed by atoms with Gasteiger partial charge in [0.1, 0.15) is 12.6 Å². The summed E-state index contributed by atoms with van der Waals surface area (Å²) in [5, 5.41) is 3.21. The Hall–Kier alpha value is -3.97. The average molecular weight is 462 g/mol. The number of nitrogens with zero attached hydrogens (tertiary/aromatic N) is 2. The van der Waals surface area contributed by atoms with Crippen LogP contribution in [0.25, 0.3) is 0 Å². The molecule has 0 fully saturated rings. The molecule has 1 unspecified atom stereocenters. The van der Waals surface area contributed by atoms with E-state index >= 15 is 0 Å². The van der Waals surface area contributed by atoms with E-state index in [1.807, 2.05) is 0 Å². The van der Waals surface area contributed by atoms with E-state index in [-0.39, 0.29) is 11.1 Å². The predicted octanol–water partition coefficient (Wildman–Crippen LogP) is 4.00. The molecule has 4 rings (SSSR count). The highest BCUT2D eigenvalue weighted by molar-refractivity contribution is 6.31. The van der Waals surface area contributed by atoms with Gasteiger partial charge in [0.25, 0.3) is 11.8 Å². The lowest BCUT2D eigenvalue weighted by molar-refractivity contribution is -0.123. The smallest absolute Gasteiger partial charge is 0.262 e. The zero-order valence-corrected chi connectivity index (χ0v) is 18.5. The Morgan fingerprint density at radius 1 is 0.909 bits per heavy atom. The molecule has 1 aliphatic heterocycles. The fourth-order valence-corrected chi connectivity index (χ4v) is 3.89. The third kappa shape index (κ3) is 4.49. The van der Waals surface area contributed by atoms with Crippen LogP contribution in [0.2, 0.25) is 5.02 Å². The van der Waals surface area contributed by atoms with Crippen molar-refractivity contribution in [3.05, 3.63) is 95.0 Å². The number of amides is 4. The summed E-state index contributed by atoms with van der Waals surface area (Å²) in [6.45, 7) is 1.09. The molecule has 0 spiro atoms. The lowest BCUT2D eigenvalue weighted by atomic mass is 10.1. The fraction of sp³-hybridized carbons (Fsp3) is 0.120. The van der Waals surface area contributed by atoms with Gasteiger partial charge in [-0.05, 0) is 49.4 Å². The van der Waals surface area contributed by atoms with Gasteiger partial charge in [0.2, 0.25) is 11.8 Å². The van der Waals surface area contributed by atoms with Crippen LogP contribution < -0.4 is 10.2 Å². The van der Waals surface area contributed by atoms with Crippen molar-refractivity contribution in [3.8, 4) is 0 Å². The summed E-state index contributed by atoms with van der Waals surface area (Å²) in [4.78, 5) is 54.0. The van der Waals surface area contributed by atoms with Gasteiger partial charge in [0, 0.05) is 16.4 Å². The van der Waals surface area contributed by atoms with Gasteiger partial charge < -0.3 is 5.32 Å². The molecule has 0 bridgehead atoms. The van der Waals surface area contributed by atoms with Crippen LogP contribution in [0, 0.1) is 0 Å². The molecule has 166 valence electrons. The van der Waals surface area contributed by atoms with Crippen molar-refractivity contribution in [3.63, 3.8) is 0 Å². The largest absolute Gasteiger partial charge is 0.324 e. The maximum absolute atomic E-state index is 13.4. The first-order valence-electron chi connectivity index (χ1n) is 10.3. The van der Waals surface area contributed by atoms with Gasteiger partial charge in [-0.2, -0.15) is 0 Å². The number of fused-ring (bicyclic) bond motifs is 1. The first-order valence-corrected chi connectivity index (χ1v) is 10.6. The second kappa shape index (κ2) is 9.26. The van der Waals surface area contributed by atoms with Gasteiger partial charge in [-0.25, -0.2) is 0 Å². The second-order valence-electron chi connectivity index (χ2n) is 7.52. The minimum atomic E-state index is -0.936. The summed E-state index contributed by atoms with van der Waals surface area (Å²) in [7, 11) is 0. The Kier molecular flexibility index (Phi) is 6.24. The fourth-order valence-electron chi connectivity index (χ4n) is 3.70.